The molecule has 0 aromatic heterocycles. The number of carbonyl (C=O) groups excluding carboxylic acids is 1. The van der Waals surface area contributed by atoms with E-state index in [1.54, 1.807) is 0 Å². The molecule has 0 atom stereocenters. The van der Waals surface area contributed by atoms with Gasteiger partial charge in [0.2, 0.25) is 15.8 Å². The van der Waals surface area contributed by atoms with Gasteiger partial charge in [-0.2, -0.15) is 0 Å². The second-order valence-electron chi connectivity index (χ2n) is 3.71. The van der Waals surface area contributed by atoms with Crippen LogP contribution < -0.4 is 10.0 Å². The van der Waals surface area contributed by atoms with E-state index < -0.39 is 32.3 Å². The van der Waals surface area contributed by atoms with Gasteiger partial charge in [-0.05, 0) is 13.1 Å². The van der Waals surface area contributed by atoms with Crippen LogP contribution in [0.1, 0.15) is 10.4 Å². The van der Waals surface area contributed by atoms with Gasteiger partial charge < -0.3 is 10.4 Å². The number of nitro benzene ring substituents is 1. The normalized spacial score (nSPS) is 11.1. The van der Waals surface area contributed by atoms with Gasteiger partial charge in [0.15, 0.2) is 0 Å². The highest BCUT2D eigenvalue weighted by atomic mass is 32.2. The van der Waals surface area contributed by atoms with E-state index >= 15 is 0 Å². The number of phenols is 1. The van der Waals surface area contributed by atoms with Gasteiger partial charge in [-0.1, -0.05) is 6.07 Å². The molecule has 0 aliphatic carbocycles. The van der Waals surface area contributed by atoms with E-state index in [0.29, 0.717) is 0 Å². The molecule has 20 heavy (non-hydrogen) atoms. The average Bonchev–Trinajstić information content (AvgIpc) is 2.38. The first-order chi connectivity index (χ1) is 9.28. The van der Waals surface area contributed by atoms with E-state index in [4.69, 9.17) is 0 Å². The highest BCUT2D eigenvalue weighted by Gasteiger charge is 2.20. The summed E-state index contributed by atoms with van der Waals surface area (Å²) >= 11 is 0. The lowest BCUT2D eigenvalue weighted by atomic mass is 10.1. The summed E-state index contributed by atoms with van der Waals surface area (Å²) in [4.78, 5) is 21.5. The van der Waals surface area contributed by atoms with Gasteiger partial charge in [0.05, 0.1) is 16.2 Å². The predicted molar refractivity (Wildman–Crippen MR) is 69.9 cm³/mol. The molecule has 0 aliphatic rings. The maximum atomic E-state index is 11.7. The van der Waals surface area contributed by atoms with Crippen molar-refractivity contribution in [3.8, 4) is 5.75 Å². The molecule has 9 nitrogen and oxygen atoms in total. The van der Waals surface area contributed by atoms with E-state index in [0.717, 1.165) is 6.07 Å². The molecule has 0 heterocycles. The van der Waals surface area contributed by atoms with Crippen molar-refractivity contribution in [3.63, 3.8) is 0 Å². The number of nitrogens with zero attached hydrogens (tertiary/aromatic N) is 1. The first kappa shape index (κ1) is 15.9. The van der Waals surface area contributed by atoms with Crippen LogP contribution in [0.15, 0.2) is 18.2 Å². The highest BCUT2D eigenvalue weighted by molar-refractivity contribution is 7.89. The standard InChI is InChI=1S/C10H13N3O6S/c1-11-20(18,19)6-5-12-10(15)7-3-2-4-8(9(7)14)13(16)17/h2-4,11,14H,5-6H2,1H3,(H,12,15). The Morgan fingerprint density at radius 3 is 2.65 bits per heavy atom. The zero-order valence-corrected chi connectivity index (χ0v) is 11.3. The summed E-state index contributed by atoms with van der Waals surface area (Å²) in [6, 6.07) is 3.50. The van der Waals surface area contributed by atoms with Gasteiger partial charge in [0.1, 0.15) is 0 Å². The van der Waals surface area contributed by atoms with E-state index in [2.05, 4.69) is 10.0 Å². The molecule has 0 radical (unpaired) electrons. The number of para-hydroxylation sites is 1. The summed E-state index contributed by atoms with van der Waals surface area (Å²) in [6.07, 6.45) is 0. The molecule has 0 saturated carbocycles. The van der Waals surface area contributed by atoms with Gasteiger partial charge in [0, 0.05) is 12.6 Å². The summed E-state index contributed by atoms with van der Waals surface area (Å²) in [7, 11) is -2.22. The molecule has 0 unspecified atom stereocenters. The fourth-order valence-electron chi connectivity index (χ4n) is 1.36. The fraction of sp³-hybridized carbons (Fsp3) is 0.300. The molecule has 1 aromatic rings. The molecule has 0 spiro atoms. The maximum absolute atomic E-state index is 11.7. The SMILES string of the molecule is CNS(=O)(=O)CCNC(=O)c1cccc([N+](=O)[O-])c1O. The minimum atomic E-state index is -3.46. The van der Waals surface area contributed by atoms with Crippen molar-refractivity contribution in [2.45, 2.75) is 0 Å². The maximum Gasteiger partial charge on any atom is 0.311 e. The number of phenolic OH excluding ortho intramolecular Hbond substituents is 1. The van der Waals surface area contributed by atoms with E-state index in [9.17, 15) is 28.4 Å². The third-order valence-electron chi connectivity index (χ3n) is 2.42. The molecule has 0 saturated heterocycles. The molecule has 110 valence electrons. The monoisotopic (exact) mass is 303 g/mol. The molecule has 1 rings (SSSR count). The van der Waals surface area contributed by atoms with Gasteiger partial charge in [-0.15, -0.1) is 0 Å². The number of hydrogen-bond acceptors (Lipinski definition) is 6. The van der Waals surface area contributed by atoms with Crippen LogP contribution in [-0.2, 0) is 10.0 Å². The van der Waals surface area contributed by atoms with E-state index in [1.807, 2.05) is 0 Å². The second-order valence-corrected chi connectivity index (χ2v) is 5.76. The highest BCUT2D eigenvalue weighted by Crippen LogP contribution is 2.28. The van der Waals surface area contributed by atoms with Crippen molar-refractivity contribution in [3.05, 3.63) is 33.9 Å². The zero-order chi connectivity index (χ0) is 15.3. The molecule has 0 aliphatic heterocycles. The average molecular weight is 303 g/mol. The number of benzene rings is 1. The van der Waals surface area contributed by atoms with Gasteiger partial charge in [0.25, 0.3) is 5.91 Å². The van der Waals surface area contributed by atoms with Crippen LogP contribution in [0.2, 0.25) is 0 Å². The minimum Gasteiger partial charge on any atom is -0.502 e. The smallest absolute Gasteiger partial charge is 0.311 e. The molecule has 1 amide bonds. The summed E-state index contributed by atoms with van der Waals surface area (Å²) in [5.74, 6) is -1.89. The number of nitro groups is 1. The quantitative estimate of drug-likeness (QED) is 0.482. The number of aromatic hydroxyl groups is 1. The Balaban J connectivity index is 2.79. The van der Waals surface area contributed by atoms with Crippen LogP contribution in [0.25, 0.3) is 0 Å². The number of rotatable bonds is 6. The predicted octanol–water partition coefficient (Wildman–Crippen LogP) is -0.421. The molecular weight excluding hydrogens is 290 g/mol. The molecule has 1 aromatic carbocycles. The van der Waals surface area contributed by atoms with Crippen molar-refractivity contribution >= 4 is 21.6 Å². The lowest BCUT2D eigenvalue weighted by Gasteiger charge is -2.07. The Labute approximate surface area is 114 Å². The van der Waals surface area contributed by atoms with Crippen LogP contribution in [-0.4, -0.2) is 43.7 Å². The molecular formula is C10H13N3O6S. The van der Waals surface area contributed by atoms with E-state index in [-0.39, 0.29) is 17.9 Å². The largest absolute Gasteiger partial charge is 0.502 e. The zero-order valence-electron chi connectivity index (χ0n) is 10.5. The summed E-state index contributed by atoms with van der Waals surface area (Å²) in [6.45, 7) is -0.190. The Kier molecular flexibility index (Phi) is 5.00. The topological polar surface area (TPSA) is 139 Å². The lowest BCUT2D eigenvalue weighted by molar-refractivity contribution is -0.385. The van der Waals surface area contributed by atoms with Crippen LogP contribution in [0.3, 0.4) is 0 Å². The first-order valence-electron chi connectivity index (χ1n) is 5.44. The minimum absolute atomic E-state index is 0.190. The van der Waals surface area contributed by atoms with Crippen LogP contribution in [0, 0.1) is 10.1 Å². The molecule has 0 fully saturated rings. The summed E-state index contributed by atoms with van der Waals surface area (Å²) < 4.78 is 24.3. The molecule has 0 bridgehead atoms. The Morgan fingerprint density at radius 2 is 2.10 bits per heavy atom. The van der Waals surface area contributed by atoms with Crippen molar-refractivity contribution in [1.29, 1.82) is 0 Å². The van der Waals surface area contributed by atoms with E-state index in [1.165, 1.54) is 19.2 Å². The van der Waals surface area contributed by atoms with Gasteiger partial charge in [-0.3, -0.25) is 14.9 Å². The number of sulfonamides is 1. The number of carbonyl (C=O) groups is 1. The lowest BCUT2D eigenvalue weighted by Crippen LogP contribution is -2.33. The van der Waals surface area contributed by atoms with Crippen LogP contribution in [0.5, 0.6) is 5.75 Å². The first-order valence-corrected chi connectivity index (χ1v) is 7.09. The second kappa shape index (κ2) is 6.30. The Morgan fingerprint density at radius 1 is 1.45 bits per heavy atom. The number of hydrogen-bond donors (Lipinski definition) is 3. The fourth-order valence-corrected chi connectivity index (χ4v) is 1.93. The molecule has 10 heteroatoms. The number of nitrogens with one attached hydrogen (secondary N) is 2. The van der Waals surface area contributed by atoms with Crippen molar-refractivity contribution < 1.29 is 23.2 Å². The summed E-state index contributed by atoms with van der Waals surface area (Å²) in [5.41, 5.74) is -0.887. The van der Waals surface area contributed by atoms with Crippen molar-refractivity contribution in [2.24, 2.45) is 0 Å². The third-order valence-corrected chi connectivity index (χ3v) is 3.79. The van der Waals surface area contributed by atoms with Gasteiger partial charge in [-0.25, -0.2) is 13.1 Å². The summed E-state index contributed by atoms with van der Waals surface area (Å²) in [5, 5.41) is 22.5. The van der Waals surface area contributed by atoms with Crippen molar-refractivity contribution in [2.75, 3.05) is 19.3 Å². The van der Waals surface area contributed by atoms with Crippen LogP contribution in [0.4, 0.5) is 5.69 Å². The van der Waals surface area contributed by atoms with Gasteiger partial charge >= 0.3 is 5.69 Å². The Hall–Kier alpha value is -2.20. The Bertz CT molecular complexity index is 628. The number of amides is 1. The van der Waals surface area contributed by atoms with Crippen molar-refractivity contribution in [1.82, 2.24) is 10.0 Å². The molecule has 3 N–H and O–H groups in total. The third kappa shape index (κ3) is 3.90. The van der Waals surface area contributed by atoms with Crippen LogP contribution >= 0.6 is 0 Å².